The van der Waals surface area contributed by atoms with Crippen molar-refractivity contribution in [2.45, 2.75) is 5.16 Å². The minimum atomic E-state index is -0.105. The van der Waals surface area contributed by atoms with Crippen molar-refractivity contribution in [2.24, 2.45) is 0 Å². The zero-order valence-electron chi connectivity index (χ0n) is 7.51. The number of nitrogens with one attached hydrogen (secondary N) is 2. The van der Waals surface area contributed by atoms with Gasteiger partial charge in [0.2, 0.25) is 5.91 Å². The van der Waals surface area contributed by atoms with E-state index in [4.69, 9.17) is 0 Å². The number of thiazole rings is 1. The van der Waals surface area contributed by atoms with E-state index in [-0.39, 0.29) is 11.7 Å². The van der Waals surface area contributed by atoms with Crippen molar-refractivity contribution in [3.05, 3.63) is 17.9 Å². The number of H-pyrrole nitrogens is 1. The molecule has 0 radical (unpaired) electrons. The van der Waals surface area contributed by atoms with Crippen LogP contribution in [0, 0.1) is 0 Å². The lowest BCUT2D eigenvalue weighted by molar-refractivity contribution is -0.113. The molecule has 2 aromatic heterocycles. The van der Waals surface area contributed by atoms with Gasteiger partial charge in [-0.05, 0) is 0 Å². The van der Waals surface area contributed by atoms with Gasteiger partial charge in [0.15, 0.2) is 10.3 Å². The highest BCUT2D eigenvalue weighted by Gasteiger charge is 2.05. The first-order valence-electron chi connectivity index (χ1n) is 4.02. The summed E-state index contributed by atoms with van der Waals surface area (Å²) < 4.78 is 0. The number of carbonyl (C=O) groups excluding carboxylic acids is 1. The first-order chi connectivity index (χ1) is 7.34. The number of aromatic amines is 1. The summed E-state index contributed by atoms with van der Waals surface area (Å²) in [6.45, 7) is 0. The lowest BCUT2D eigenvalue weighted by atomic mass is 10.7. The first kappa shape index (κ1) is 10.1. The summed E-state index contributed by atoms with van der Waals surface area (Å²) >= 11 is 2.68. The molecule has 0 spiro atoms. The molecule has 2 rings (SSSR count). The normalized spacial score (nSPS) is 10.1. The third-order valence-corrected chi connectivity index (χ3v) is 2.98. The second kappa shape index (κ2) is 4.89. The molecule has 0 aromatic carbocycles. The fourth-order valence-corrected chi connectivity index (χ4v) is 1.96. The Kier molecular flexibility index (Phi) is 3.30. The van der Waals surface area contributed by atoms with Gasteiger partial charge in [-0.15, -0.1) is 11.3 Å². The second-order valence-electron chi connectivity index (χ2n) is 2.46. The molecule has 0 saturated heterocycles. The van der Waals surface area contributed by atoms with Crippen LogP contribution < -0.4 is 5.32 Å². The van der Waals surface area contributed by atoms with Gasteiger partial charge in [-0.3, -0.25) is 9.89 Å². The van der Waals surface area contributed by atoms with Crippen molar-refractivity contribution in [1.82, 2.24) is 20.2 Å². The largest absolute Gasteiger partial charge is 0.301 e. The molecule has 0 aliphatic carbocycles. The lowest BCUT2D eigenvalue weighted by Crippen LogP contribution is -2.13. The van der Waals surface area contributed by atoms with Crippen molar-refractivity contribution < 1.29 is 4.79 Å². The molecule has 2 heterocycles. The molecular formula is C7H7N5OS2. The highest BCUT2D eigenvalue weighted by Crippen LogP contribution is 2.13. The van der Waals surface area contributed by atoms with Crippen molar-refractivity contribution in [1.29, 1.82) is 0 Å². The first-order valence-corrected chi connectivity index (χ1v) is 5.88. The van der Waals surface area contributed by atoms with Crippen LogP contribution >= 0.6 is 23.1 Å². The van der Waals surface area contributed by atoms with Gasteiger partial charge < -0.3 is 5.32 Å². The Bertz CT molecular complexity index is 413. The van der Waals surface area contributed by atoms with Crippen LogP contribution in [0.3, 0.4) is 0 Å². The van der Waals surface area contributed by atoms with Crippen LogP contribution in [0.1, 0.15) is 0 Å². The topological polar surface area (TPSA) is 83.6 Å². The highest BCUT2D eigenvalue weighted by molar-refractivity contribution is 7.99. The molecule has 0 bridgehead atoms. The fourth-order valence-electron chi connectivity index (χ4n) is 0.838. The van der Waals surface area contributed by atoms with E-state index in [2.05, 4.69) is 25.5 Å². The van der Waals surface area contributed by atoms with Gasteiger partial charge in [0.1, 0.15) is 6.33 Å². The zero-order valence-corrected chi connectivity index (χ0v) is 9.14. The maximum absolute atomic E-state index is 11.4. The smallest absolute Gasteiger partial charge is 0.236 e. The third kappa shape index (κ3) is 3.03. The van der Waals surface area contributed by atoms with Gasteiger partial charge in [0.25, 0.3) is 0 Å². The molecule has 0 unspecified atom stereocenters. The summed E-state index contributed by atoms with van der Waals surface area (Å²) in [5.41, 5.74) is 0. The second-order valence-corrected chi connectivity index (χ2v) is 4.32. The molecule has 0 aliphatic rings. The van der Waals surface area contributed by atoms with Gasteiger partial charge in [-0.1, -0.05) is 11.8 Å². The maximum atomic E-state index is 11.4. The Morgan fingerprint density at radius 3 is 3.20 bits per heavy atom. The van der Waals surface area contributed by atoms with Crippen LogP contribution in [-0.4, -0.2) is 31.8 Å². The summed E-state index contributed by atoms with van der Waals surface area (Å²) in [4.78, 5) is 19.2. The van der Waals surface area contributed by atoms with Crippen LogP contribution in [0.5, 0.6) is 0 Å². The van der Waals surface area contributed by atoms with E-state index in [0.29, 0.717) is 10.3 Å². The van der Waals surface area contributed by atoms with E-state index in [9.17, 15) is 4.79 Å². The molecule has 0 saturated carbocycles. The monoisotopic (exact) mass is 241 g/mol. The van der Waals surface area contributed by atoms with Gasteiger partial charge in [-0.25, -0.2) is 9.97 Å². The Labute approximate surface area is 93.5 Å². The predicted molar refractivity (Wildman–Crippen MR) is 57.9 cm³/mol. The number of hydrogen-bond donors (Lipinski definition) is 2. The highest BCUT2D eigenvalue weighted by atomic mass is 32.2. The molecule has 15 heavy (non-hydrogen) atoms. The molecule has 8 heteroatoms. The lowest BCUT2D eigenvalue weighted by Gasteiger charge is -1.98. The summed E-state index contributed by atoms with van der Waals surface area (Å²) in [6, 6.07) is 0. The number of nitrogens with zero attached hydrogens (tertiary/aromatic N) is 3. The molecule has 6 nitrogen and oxygen atoms in total. The Morgan fingerprint density at radius 1 is 1.60 bits per heavy atom. The van der Waals surface area contributed by atoms with Crippen LogP contribution in [0.25, 0.3) is 0 Å². The van der Waals surface area contributed by atoms with E-state index in [1.807, 2.05) is 0 Å². The van der Waals surface area contributed by atoms with Gasteiger partial charge in [0.05, 0.1) is 5.75 Å². The quantitative estimate of drug-likeness (QED) is 0.780. The number of aromatic nitrogens is 4. The van der Waals surface area contributed by atoms with Crippen LogP contribution in [-0.2, 0) is 4.79 Å². The van der Waals surface area contributed by atoms with Crippen LogP contribution in [0.15, 0.2) is 23.1 Å². The van der Waals surface area contributed by atoms with Gasteiger partial charge >= 0.3 is 0 Å². The minimum absolute atomic E-state index is 0.105. The molecular weight excluding hydrogens is 234 g/mol. The van der Waals surface area contributed by atoms with E-state index < -0.39 is 0 Å². The molecule has 0 fully saturated rings. The number of rotatable bonds is 4. The molecule has 1 amide bonds. The average Bonchev–Trinajstić information content (AvgIpc) is 2.86. The maximum Gasteiger partial charge on any atom is 0.236 e. The van der Waals surface area contributed by atoms with Crippen molar-refractivity contribution in [2.75, 3.05) is 11.1 Å². The molecule has 2 N–H and O–H groups in total. The van der Waals surface area contributed by atoms with E-state index >= 15 is 0 Å². The van der Waals surface area contributed by atoms with E-state index in [1.54, 1.807) is 11.6 Å². The summed E-state index contributed by atoms with van der Waals surface area (Å²) in [5.74, 6) is 0.181. The number of amides is 1. The third-order valence-electron chi connectivity index (χ3n) is 1.41. The number of carbonyl (C=O) groups is 1. The Balaban J connectivity index is 1.78. The van der Waals surface area contributed by atoms with E-state index in [0.717, 1.165) is 0 Å². The standard InChI is InChI=1S/C7H7N5OS2/c13-5(11-6-8-1-2-14-6)3-15-7-9-4-10-12-7/h1-2,4H,3H2,(H,8,11,13)(H,9,10,12). The number of hydrogen-bond acceptors (Lipinski definition) is 6. The van der Waals surface area contributed by atoms with Gasteiger partial charge in [0, 0.05) is 11.6 Å². The molecule has 0 aliphatic heterocycles. The Hall–Kier alpha value is -1.41. The zero-order chi connectivity index (χ0) is 10.5. The Morgan fingerprint density at radius 2 is 2.53 bits per heavy atom. The molecule has 2 aromatic rings. The van der Waals surface area contributed by atoms with E-state index in [1.165, 1.54) is 29.4 Å². The molecule has 0 atom stereocenters. The van der Waals surface area contributed by atoms with Crippen LogP contribution in [0.4, 0.5) is 5.13 Å². The predicted octanol–water partition coefficient (Wildman–Crippen LogP) is 0.992. The number of thioether (sulfide) groups is 1. The van der Waals surface area contributed by atoms with Gasteiger partial charge in [-0.2, -0.15) is 5.10 Å². The molecule has 78 valence electrons. The number of anilines is 1. The summed E-state index contributed by atoms with van der Waals surface area (Å²) in [6.07, 6.45) is 3.05. The summed E-state index contributed by atoms with van der Waals surface area (Å²) in [7, 11) is 0. The average molecular weight is 241 g/mol. The fraction of sp³-hybridized carbons (Fsp3) is 0.143. The SMILES string of the molecule is O=C(CSc1ncn[nH]1)Nc1nccs1. The van der Waals surface area contributed by atoms with Crippen LogP contribution in [0.2, 0.25) is 0 Å². The summed E-state index contributed by atoms with van der Waals surface area (Å²) in [5, 5.41) is 12.1. The minimum Gasteiger partial charge on any atom is -0.301 e. The van der Waals surface area contributed by atoms with Crippen molar-refractivity contribution >= 4 is 34.1 Å². The van der Waals surface area contributed by atoms with Crippen molar-refractivity contribution in [3.8, 4) is 0 Å². The van der Waals surface area contributed by atoms with Crippen molar-refractivity contribution in [3.63, 3.8) is 0 Å².